The van der Waals surface area contributed by atoms with Crippen LogP contribution in [-0.4, -0.2) is 23.3 Å². The minimum absolute atomic E-state index is 0.0138. The molecule has 0 saturated heterocycles. The lowest BCUT2D eigenvalue weighted by atomic mass is 9.87. The van der Waals surface area contributed by atoms with Gasteiger partial charge in [-0.05, 0) is 51.4 Å². The first-order chi connectivity index (χ1) is 9.99. The first-order valence-corrected chi connectivity index (χ1v) is 8.87. The molecule has 0 aromatic heterocycles. The van der Waals surface area contributed by atoms with Crippen molar-refractivity contribution in [2.24, 2.45) is 11.8 Å². The van der Waals surface area contributed by atoms with Crippen LogP contribution in [0.15, 0.2) is 0 Å². The van der Waals surface area contributed by atoms with E-state index in [1.165, 1.54) is 0 Å². The maximum atomic E-state index is 11.9. The van der Waals surface area contributed by atoms with E-state index in [2.05, 4.69) is 13.8 Å². The minimum Gasteiger partial charge on any atom is -0.462 e. The Morgan fingerprint density at radius 1 is 1.00 bits per heavy atom. The normalized spacial score (nSPS) is 22.3. The van der Waals surface area contributed by atoms with E-state index in [0.717, 1.165) is 38.5 Å². The molecule has 0 bridgehead atoms. The van der Waals surface area contributed by atoms with Crippen molar-refractivity contribution in [3.63, 3.8) is 0 Å². The lowest BCUT2D eigenvalue weighted by Crippen LogP contribution is -2.28. The van der Waals surface area contributed by atoms with Gasteiger partial charge >= 0.3 is 5.97 Å². The summed E-state index contributed by atoms with van der Waals surface area (Å²) >= 11 is 0. The molecule has 1 unspecified atom stereocenters. The summed E-state index contributed by atoms with van der Waals surface area (Å²) in [5.74, 6) is 0.606. The van der Waals surface area contributed by atoms with Crippen LogP contribution in [0.3, 0.4) is 0 Å². The van der Waals surface area contributed by atoms with Gasteiger partial charge in [-0.25, -0.2) is 0 Å². The zero-order chi connectivity index (χ0) is 16.8. The van der Waals surface area contributed by atoms with Crippen LogP contribution in [0.25, 0.3) is 0 Å². The number of carbonyl (C=O) groups excluding carboxylic acids is 1. The number of carbonyl (C=O) groups is 1. The first kappa shape index (κ1) is 22.7. The Morgan fingerprint density at radius 2 is 1.48 bits per heavy atom. The van der Waals surface area contributed by atoms with Crippen molar-refractivity contribution < 1.29 is 14.6 Å². The molecule has 1 saturated carbocycles. The van der Waals surface area contributed by atoms with Gasteiger partial charge in [0.2, 0.25) is 0 Å². The lowest BCUT2D eigenvalue weighted by Gasteiger charge is -2.25. The third kappa shape index (κ3) is 11.7. The van der Waals surface area contributed by atoms with Crippen LogP contribution >= 0.6 is 0 Å². The summed E-state index contributed by atoms with van der Waals surface area (Å²) in [4.78, 5) is 11.9. The Labute approximate surface area is 132 Å². The predicted molar refractivity (Wildman–Crippen MR) is 90.3 cm³/mol. The fourth-order valence-corrected chi connectivity index (χ4v) is 2.23. The number of ether oxygens (including phenoxy) is 1. The first-order valence-electron chi connectivity index (χ1n) is 8.87. The maximum absolute atomic E-state index is 11.9. The SMILES string of the molecule is CC.CC.CC(C)CCC(C)OC(=O)C1CCC(O)CC1. The van der Waals surface area contributed by atoms with Crippen LogP contribution in [0.4, 0.5) is 0 Å². The van der Waals surface area contributed by atoms with Crippen molar-refractivity contribution in [2.45, 2.75) is 99.2 Å². The molecule has 128 valence electrons. The fourth-order valence-electron chi connectivity index (χ4n) is 2.23. The maximum Gasteiger partial charge on any atom is 0.309 e. The van der Waals surface area contributed by atoms with E-state index in [9.17, 15) is 9.90 Å². The van der Waals surface area contributed by atoms with Gasteiger partial charge in [0.25, 0.3) is 0 Å². The van der Waals surface area contributed by atoms with Crippen molar-refractivity contribution in [3.8, 4) is 0 Å². The minimum atomic E-state index is -0.211. The molecule has 21 heavy (non-hydrogen) atoms. The van der Waals surface area contributed by atoms with E-state index < -0.39 is 0 Å². The molecule has 1 aliphatic carbocycles. The monoisotopic (exact) mass is 302 g/mol. The zero-order valence-corrected chi connectivity index (χ0v) is 15.3. The lowest BCUT2D eigenvalue weighted by molar-refractivity contribution is -0.155. The highest BCUT2D eigenvalue weighted by Crippen LogP contribution is 2.26. The van der Waals surface area contributed by atoms with Gasteiger partial charge in [0.15, 0.2) is 0 Å². The zero-order valence-electron chi connectivity index (χ0n) is 15.3. The molecule has 1 aliphatic rings. The van der Waals surface area contributed by atoms with E-state index in [-0.39, 0.29) is 24.1 Å². The van der Waals surface area contributed by atoms with E-state index >= 15 is 0 Å². The van der Waals surface area contributed by atoms with Crippen molar-refractivity contribution in [2.75, 3.05) is 0 Å². The summed E-state index contributed by atoms with van der Waals surface area (Å²) in [5, 5.41) is 9.38. The largest absolute Gasteiger partial charge is 0.462 e. The number of hydrogen-bond donors (Lipinski definition) is 1. The summed E-state index contributed by atoms with van der Waals surface area (Å²) in [6.07, 6.45) is 4.87. The Morgan fingerprint density at radius 3 is 1.90 bits per heavy atom. The molecular formula is C18H38O3. The molecular weight excluding hydrogens is 264 g/mol. The van der Waals surface area contributed by atoms with E-state index in [0.29, 0.717) is 5.92 Å². The van der Waals surface area contributed by atoms with Crippen molar-refractivity contribution in [3.05, 3.63) is 0 Å². The van der Waals surface area contributed by atoms with Crippen LogP contribution in [0, 0.1) is 11.8 Å². The van der Waals surface area contributed by atoms with Gasteiger partial charge in [-0.15, -0.1) is 0 Å². The third-order valence-corrected chi connectivity index (χ3v) is 3.50. The topological polar surface area (TPSA) is 46.5 Å². The molecule has 0 spiro atoms. The summed E-state index contributed by atoms with van der Waals surface area (Å²) < 4.78 is 5.45. The standard InChI is InChI=1S/C14H26O3.2C2H6/c1-10(2)4-5-11(3)17-14(16)12-6-8-13(15)9-7-12;2*1-2/h10-13,15H,4-9H2,1-3H3;2*1-2H3. The molecule has 3 heteroatoms. The predicted octanol–water partition coefficient (Wildman–Crippen LogP) is 4.96. The smallest absolute Gasteiger partial charge is 0.309 e. The number of hydrogen-bond acceptors (Lipinski definition) is 3. The van der Waals surface area contributed by atoms with E-state index in [1.54, 1.807) is 0 Å². The Balaban J connectivity index is 0. The van der Waals surface area contributed by atoms with Gasteiger partial charge in [-0.1, -0.05) is 41.5 Å². The Kier molecular flexibility index (Phi) is 15.5. The van der Waals surface area contributed by atoms with Gasteiger partial charge in [0, 0.05) is 0 Å². The summed E-state index contributed by atoms with van der Waals surface area (Å²) in [6, 6.07) is 0. The van der Waals surface area contributed by atoms with Gasteiger partial charge in [-0.3, -0.25) is 4.79 Å². The van der Waals surface area contributed by atoms with Crippen LogP contribution in [0.2, 0.25) is 0 Å². The van der Waals surface area contributed by atoms with Gasteiger partial charge in [0.05, 0.1) is 18.1 Å². The molecule has 1 fully saturated rings. The third-order valence-electron chi connectivity index (χ3n) is 3.50. The molecule has 0 aromatic rings. The number of aliphatic hydroxyl groups excluding tert-OH is 1. The Hall–Kier alpha value is -0.570. The highest BCUT2D eigenvalue weighted by atomic mass is 16.5. The highest BCUT2D eigenvalue weighted by molar-refractivity contribution is 5.72. The van der Waals surface area contributed by atoms with E-state index in [4.69, 9.17) is 4.74 Å². The Bertz CT molecular complexity index is 231. The number of rotatable bonds is 5. The van der Waals surface area contributed by atoms with Crippen LogP contribution in [0.5, 0.6) is 0 Å². The summed E-state index contributed by atoms with van der Waals surface area (Å²) in [7, 11) is 0. The molecule has 0 radical (unpaired) electrons. The van der Waals surface area contributed by atoms with Crippen molar-refractivity contribution in [1.82, 2.24) is 0 Å². The average Bonchev–Trinajstić information content (AvgIpc) is 2.50. The molecule has 0 aromatic carbocycles. The van der Waals surface area contributed by atoms with E-state index in [1.807, 2.05) is 34.6 Å². The van der Waals surface area contributed by atoms with Crippen molar-refractivity contribution >= 4 is 5.97 Å². The van der Waals surface area contributed by atoms with Gasteiger partial charge < -0.3 is 9.84 Å². The second kappa shape index (κ2) is 14.4. The molecule has 0 heterocycles. The van der Waals surface area contributed by atoms with Crippen LogP contribution in [-0.2, 0) is 9.53 Å². The van der Waals surface area contributed by atoms with Gasteiger partial charge in [-0.2, -0.15) is 0 Å². The molecule has 1 atom stereocenters. The molecule has 0 amide bonds. The second-order valence-corrected chi connectivity index (χ2v) is 5.72. The number of aliphatic hydroxyl groups is 1. The molecule has 1 rings (SSSR count). The second-order valence-electron chi connectivity index (χ2n) is 5.72. The van der Waals surface area contributed by atoms with Crippen LogP contribution in [0.1, 0.15) is 87.0 Å². The van der Waals surface area contributed by atoms with Crippen molar-refractivity contribution in [1.29, 1.82) is 0 Å². The number of esters is 1. The summed E-state index contributed by atoms with van der Waals surface area (Å²) in [6.45, 7) is 14.3. The average molecular weight is 302 g/mol. The molecule has 3 nitrogen and oxygen atoms in total. The summed E-state index contributed by atoms with van der Waals surface area (Å²) in [5.41, 5.74) is 0. The fraction of sp³-hybridized carbons (Fsp3) is 0.944. The molecule has 1 N–H and O–H groups in total. The van der Waals surface area contributed by atoms with Gasteiger partial charge in [0.1, 0.15) is 0 Å². The van der Waals surface area contributed by atoms with Crippen LogP contribution < -0.4 is 0 Å². The highest BCUT2D eigenvalue weighted by Gasteiger charge is 2.27. The quantitative estimate of drug-likeness (QED) is 0.730. The molecule has 0 aliphatic heterocycles.